The topological polar surface area (TPSA) is 52.3 Å². The van der Waals surface area contributed by atoms with Crippen LogP contribution in [0.4, 0.5) is 14.5 Å². The molecule has 3 nitrogen and oxygen atoms in total. The fraction of sp³-hybridized carbons (Fsp3) is 0.0714. The zero-order chi connectivity index (χ0) is 15.6. The van der Waals surface area contributed by atoms with Crippen molar-refractivity contribution in [2.24, 2.45) is 0 Å². The van der Waals surface area contributed by atoms with Crippen LogP contribution in [0, 0.1) is 11.6 Å². The van der Waals surface area contributed by atoms with E-state index < -0.39 is 24.2 Å². The van der Waals surface area contributed by atoms with Gasteiger partial charge in [0.2, 0.25) is 0 Å². The van der Waals surface area contributed by atoms with Crippen LogP contribution in [0.5, 0.6) is 0 Å². The third-order valence-corrected chi connectivity index (χ3v) is 3.66. The Kier molecular flexibility index (Phi) is 4.80. The molecule has 110 valence electrons. The summed E-state index contributed by atoms with van der Waals surface area (Å²) in [6.07, 6.45) is 0. The monoisotopic (exact) mass is 375 g/mol. The van der Waals surface area contributed by atoms with Gasteiger partial charge in [-0.2, -0.15) is 0 Å². The number of benzene rings is 2. The normalized spacial score (nSPS) is 10.5. The van der Waals surface area contributed by atoms with Crippen molar-refractivity contribution in [1.82, 2.24) is 0 Å². The van der Waals surface area contributed by atoms with Crippen LogP contribution >= 0.6 is 27.5 Å². The van der Waals surface area contributed by atoms with E-state index in [0.717, 1.165) is 6.07 Å². The average molecular weight is 377 g/mol. The first kappa shape index (κ1) is 15.7. The Hall–Kier alpha value is -1.66. The summed E-state index contributed by atoms with van der Waals surface area (Å²) in [6.45, 7) is -0.569. The standard InChI is InChI=1S/C14H9BrClF2NO2/c15-8-4-5-10(17)7(13(8)18)6-21-14(20)12-9(16)2-1-3-11(12)19/h1-5H,6,19H2. The third-order valence-electron chi connectivity index (χ3n) is 2.74. The maximum atomic E-state index is 13.7. The van der Waals surface area contributed by atoms with Gasteiger partial charge in [0.15, 0.2) is 0 Å². The largest absolute Gasteiger partial charge is 0.457 e. The molecular weight excluding hydrogens is 368 g/mol. The lowest BCUT2D eigenvalue weighted by atomic mass is 10.2. The zero-order valence-corrected chi connectivity index (χ0v) is 12.8. The van der Waals surface area contributed by atoms with Crippen molar-refractivity contribution in [2.75, 3.05) is 5.73 Å². The third kappa shape index (κ3) is 3.33. The molecule has 2 N–H and O–H groups in total. The molecule has 0 unspecified atom stereocenters. The van der Waals surface area contributed by atoms with Crippen molar-refractivity contribution in [3.05, 3.63) is 62.6 Å². The van der Waals surface area contributed by atoms with E-state index in [0.29, 0.717) is 0 Å². The number of carbonyl (C=O) groups is 1. The molecule has 7 heteroatoms. The summed E-state index contributed by atoms with van der Waals surface area (Å²) in [4.78, 5) is 11.9. The molecule has 2 aromatic carbocycles. The first-order valence-electron chi connectivity index (χ1n) is 5.75. The Balaban J connectivity index is 2.21. The Bertz CT molecular complexity index is 689. The number of rotatable bonds is 3. The molecule has 0 bridgehead atoms. The fourth-order valence-corrected chi connectivity index (χ4v) is 2.30. The lowest BCUT2D eigenvalue weighted by molar-refractivity contribution is 0.0466. The van der Waals surface area contributed by atoms with E-state index in [9.17, 15) is 13.6 Å². The number of nitrogen functional groups attached to an aromatic ring is 1. The number of esters is 1. The van der Waals surface area contributed by atoms with Gasteiger partial charge in [0.05, 0.1) is 15.1 Å². The Morgan fingerprint density at radius 2 is 2.00 bits per heavy atom. The predicted molar refractivity (Wildman–Crippen MR) is 79.0 cm³/mol. The molecule has 21 heavy (non-hydrogen) atoms. The maximum absolute atomic E-state index is 13.7. The molecule has 0 fully saturated rings. The fourth-order valence-electron chi connectivity index (χ4n) is 1.67. The number of nitrogens with two attached hydrogens (primary N) is 1. The number of carbonyl (C=O) groups excluding carboxylic acids is 1. The second kappa shape index (κ2) is 6.41. The van der Waals surface area contributed by atoms with Crippen LogP contribution in [0.15, 0.2) is 34.8 Å². The van der Waals surface area contributed by atoms with Crippen LogP contribution in [0.25, 0.3) is 0 Å². The molecular formula is C14H9BrClF2NO2. The van der Waals surface area contributed by atoms with Crippen LogP contribution in [0.3, 0.4) is 0 Å². The molecule has 0 aromatic heterocycles. The SMILES string of the molecule is Nc1cccc(Cl)c1C(=O)OCc1c(F)ccc(Br)c1F. The summed E-state index contributed by atoms with van der Waals surface area (Å²) >= 11 is 8.79. The summed E-state index contributed by atoms with van der Waals surface area (Å²) in [5.74, 6) is -2.48. The van der Waals surface area contributed by atoms with Crippen LogP contribution in [0.2, 0.25) is 5.02 Å². The smallest absolute Gasteiger partial charge is 0.342 e. The highest BCUT2D eigenvalue weighted by molar-refractivity contribution is 9.10. The summed E-state index contributed by atoms with van der Waals surface area (Å²) in [5, 5.41) is 0.107. The van der Waals surface area contributed by atoms with Gasteiger partial charge in [-0.1, -0.05) is 17.7 Å². The second-order valence-electron chi connectivity index (χ2n) is 4.10. The van der Waals surface area contributed by atoms with Gasteiger partial charge in [-0.05, 0) is 40.2 Å². The van der Waals surface area contributed by atoms with Crippen molar-refractivity contribution < 1.29 is 18.3 Å². The van der Waals surface area contributed by atoms with Gasteiger partial charge in [0.25, 0.3) is 0 Å². The summed E-state index contributed by atoms with van der Waals surface area (Å²) in [6, 6.07) is 6.81. The van der Waals surface area contributed by atoms with Gasteiger partial charge in [0, 0.05) is 5.69 Å². The van der Waals surface area contributed by atoms with E-state index in [2.05, 4.69) is 15.9 Å². The van der Waals surface area contributed by atoms with Crippen LogP contribution in [-0.2, 0) is 11.3 Å². The van der Waals surface area contributed by atoms with Crippen molar-refractivity contribution in [1.29, 1.82) is 0 Å². The Morgan fingerprint density at radius 3 is 2.67 bits per heavy atom. The highest BCUT2D eigenvalue weighted by Crippen LogP contribution is 2.25. The molecule has 0 saturated heterocycles. The molecule has 0 amide bonds. The zero-order valence-electron chi connectivity index (χ0n) is 10.5. The van der Waals surface area contributed by atoms with Crippen molar-refractivity contribution in [2.45, 2.75) is 6.61 Å². The first-order valence-corrected chi connectivity index (χ1v) is 6.92. The summed E-state index contributed by atoms with van der Waals surface area (Å²) in [5.41, 5.74) is 5.37. The minimum absolute atomic E-state index is 0.0324. The lowest BCUT2D eigenvalue weighted by Crippen LogP contribution is -2.10. The number of halogens is 4. The minimum atomic E-state index is -0.850. The molecule has 0 saturated carbocycles. The van der Waals surface area contributed by atoms with Crippen LogP contribution in [-0.4, -0.2) is 5.97 Å². The molecule has 0 aliphatic heterocycles. The molecule has 0 atom stereocenters. The Labute approximate surface area is 132 Å². The quantitative estimate of drug-likeness (QED) is 0.493. The molecule has 0 heterocycles. The molecule has 2 aromatic rings. The highest BCUT2D eigenvalue weighted by Gasteiger charge is 2.18. The molecule has 0 spiro atoms. The molecule has 0 aliphatic carbocycles. The van der Waals surface area contributed by atoms with Crippen LogP contribution < -0.4 is 5.73 Å². The van der Waals surface area contributed by atoms with E-state index in [1.54, 1.807) is 6.07 Å². The van der Waals surface area contributed by atoms with E-state index in [4.69, 9.17) is 22.1 Å². The highest BCUT2D eigenvalue weighted by atomic mass is 79.9. The van der Waals surface area contributed by atoms with Gasteiger partial charge >= 0.3 is 5.97 Å². The molecule has 0 aliphatic rings. The minimum Gasteiger partial charge on any atom is -0.457 e. The van der Waals surface area contributed by atoms with E-state index in [1.165, 1.54) is 18.2 Å². The van der Waals surface area contributed by atoms with Gasteiger partial charge in [-0.25, -0.2) is 13.6 Å². The van der Waals surface area contributed by atoms with Gasteiger partial charge in [-0.3, -0.25) is 0 Å². The maximum Gasteiger partial charge on any atom is 0.342 e. The lowest BCUT2D eigenvalue weighted by Gasteiger charge is -2.10. The first-order chi connectivity index (χ1) is 9.91. The van der Waals surface area contributed by atoms with Gasteiger partial charge in [0.1, 0.15) is 23.8 Å². The number of hydrogen-bond acceptors (Lipinski definition) is 3. The predicted octanol–water partition coefficient (Wildman–Crippen LogP) is 4.32. The van der Waals surface area contributed by atoms with Crippen LogP contribution in [0.1, 0.15) is 15.9 Å². The molecule has 2 rings (SSSR count). The summed E-state index contributed by atoms with van der Waals surface area (Å²) < 4.78 is 32.2. The average Bonchev–Trinajstić information content (AvgIpc) is 2.43. The second-order valence-corrected chi connectivity index (χ2v) is 5.36. The molecule has 0 radical (unpaired) electrons. The summed E-state index contributed by atoms with van der Waals surface area (Å²) in [7, 11) is 0. The number of anilines is 1. The van der Waals surface area contributed by atoms with Crippen molar-refractivity contribution >= 4 is 39.2 Å². The van der Waals surface area contributed by atoms with E-state index in [-0.39, 0.29) is 26.3 Å². The number of hydrogen-bond donors (Lipinski definition) is 1. The van der Waals surface area contributed by atoms with Gasteiger partial charge in [-0.15, -0.1) is 0 Å². The number of ether oxygens (including phenoxy) is 1. The Morgan fingerprint density at radius 1 is 1.29 bits per heavy atom. The van der Waals surface area contributed by atoms with E-state index >= 15 is 0 Å². The van der Waals surface area contributed by atoms with Crippen molar-refractivity contribution in [3.8, 4) is 0 Å². The van der Waals surface area contributed by atoms with E-state index in [1.807, 2.05) is 0 Å². The van der Waals surface area contributed by atoms with Crippen molar-refractivity contribution in [3.63, 3.8) is 0 Å². The van der Waals surface area contributed by atoms with Gasteiger partial charge < -0.3 is 10.5 Å².